The molecule has 0 aliphatic rings. The largest absolute Gasteiger partial charge is 0.543 e. The number of aromatic carboxylic acids is 1. The third-order valence-electron chi connectivity index (χ3n) is 9.85. The molecule has 0 saturated heterocycles. The molecule has 0 aliphatic carbocycles. The SMILES string of the molecule is COC(=O)C(CSCc1c(O[Si](C)(C)C(C)(C)C)cc(OC)cc1C(=O)O)N(C)C(=O)CCOC(c1ccccc1)(c1ccccc1)c1ccccc1. The molecule has 1 amide bonds. The van der Waals surface area contributed by atoms with E-state index in [1.54, 1.807) is 13.1 Å². The molecule has 0 saturated carbocycles. The third kappa shape index (κ3) is 9.70. The molecule has 1 unspecified atom stereocenters. The van der Waals surface area contributed by atoms with E-state index in [1.165, 1.54) is 36.9 Å². The Kier molecular flexibility index (Phi) is 14.0. The Balaban J connectivity index is 1.56. The number of amides is 1. The van der Waals surface area contributed by atoms with Gasteiger partial charge in [0.15, 0.2) is 0 Å². The molecule has 282 valence electrons. The summed E-state index contributed by atoms with van der Waals surface area (Å²) >= 11 is 1.32. The molecule has 4 rings (SSSR count). The lowest BCUT2D eigenvalue weighted by Gasteiger charge is -2.37. The highest BCUT2D eigenvalue weighted by Gasteiger charge is 2.40. The Morgan fingerprint density at radius 2 is 1.34 bits per heavy atom. The number of esters is 1. The van der Waals surface area contributed by atoms with E-state index in [1.807, 2.05) is 91.0 Å². The summed E-state index contributed by atoms with van der Waals surface area (Å²) in [7, 11) is 1.96. The Morgan fingerprint density at radius 3 is 1.77 bits per heavy atom. The maximum atomic E-state index is 13.8. The molecular formula is C42H51NO8SSi. The van der Waals surface area contributed by atoms with Crippen LogP contribution in [0.1, 0.15) is 59.8 Å². The maximum Gasteiger partial charge on any atom is 0.336 e. The van der Waals surface area contributed by atoms with Crippen molar-refractivity contribution in [2.45, 2.75) is 62.7 Å². The topological polar surface area (TPSA) is 112 Å². The van der Waals surface area contributed by atoms with Gasteiger partial charge in [0, 0.05) is 30.2 Å². The standard InChI is InChI=1S/C42H51NO8SSi/c1-41(2,3)53(7,8)51-37-27-33(48-5)26-34(39(45)46)35(37)28-52-29-36(40(47)49-6)43(4)38(44)24-25-50-42(30-18-12-9-13-19-30,31-20-14-10-15-21-31)32-22-16-11-17-23-32/h9-23,26-27,36H,24-25,28-29H2,1-8H3,(H,45,46). The zero-order chi connectivity index (χ0) is 38.8. The lowest BCUT2D eigenvalue weighted by atomic mass is 9.80. The number of ether oxygens (including phenoxy) is 3. The van der Waals surface area contributed by atoms with Gasteiger partial charge in [-0.15, -0.1) is 0 Å². The van der Waals surface area contributed by atoms with Crippen LogP contribution in [0.5, 0.6) is 11.5 Å². The van der Waals surface area contributed by atoms with Gasteiger partial charge in [0.2, 0.25) is 14.2 Å². The number of benzene rings is 4. The molecule has 0 heterocycles. The minimum Gasteiger partial charge on any atom is -0.543 e. The van der Waals surface area contributed by atoms with Crippen molar-refractivity contribution in [3.63, 3.8) is 0 Å². The summed E-state index contributed by atoms with van der Waals surface area (Å²) in [6.45, 7) is 10.6. The highest BCUT2D eigenvalue weighted by Crippen LogP contribution is 2.42. The van der Waals surface area contributed by atoms with E-state index in [0.717, 1.165) is 16.7 Å². The Morgan fingerprint density at radius 1 is 0.830 bits per heavy atom. The molecule has 4 aromatic rings. The van der Waals surface area contributed by atoms with E-state index in [9.17, 15) is 19.5 Å². The maximum absolute atomic E-state index is 13.8. The van der Waals surface area contributed by atoms with Crippen molar-refractivity contribution < 1.29 is 38.1 Å². The molecule has 0 bridgehead atoms. The number of carboxylic acid groups (broad SMARTS) is 1. The Hall–Kier alpha value is -4.58. The van der Waals surface area contributed by atoms with Gasteiger partial charge in [-0.1, -0.05) is 112 Å². The van der Waals surface area contributed by atoms with Crippen LogP contribution in [0.4, 0.5) is 0 Å². The van der Waals surface area contributed by atoms with Gasteiger partial charge in [0.1, 0.15) is 23.1 Å². The normalized spacial score (nSPS) is 12.5. The van der Waals surface area contributed by atoms with E-state index in [2.05, 4.69) is 33.9 Å². The van der Waals surface area contributed by atoms with Gasteiger partial charge in [-0.05, 0) is 40.9 Å². The number of hydrogen-bond acceptors (Lipinski definition) is 8. The summed E-state index contributed by atoms with van der Waals surface area (Å²) in [6.07, 6.45) is -0.00490. The number of rotatable bonds is 17. The van der Waals surface area contributed by atoms with Crippen LogP contribution in [0.3, 0.4) is 0 Å². The van der Waals surface area contributed by atoms with Crippen LogP contribution in [-0.2, 0) is 30.4 Å². The molecule has 9 nitrogen and oxygen atoms in total. The first kappa shape index (κ1) is 41.2. The molecule has 0 aliphatic heterocycles. The van der Waals surface area contributed by atoms with Gasteiger partial charge in [-0.3, -0.25) is 4.79 Å². The molecule has 1 N–H and O–H groups in total. The molecule has 0 fully saturated rings. The fourth-order valence-electron chi connectivity index (χ4n) is 5.75. The summed E-state index contributed by atoms with van der Waals surface area (Å²) in [6, 6.07) is 32.0. The Bertz CT molecular complexity index is 1730. The number of methoxy groups -OCH3 is 2. The highest BCUT2D eigenvalue weighted by atomic mass is 32.2. The van der Waals surface area contributed by atoms with Crippen LogP contribution in [0, 0.1) is 0 Å². The van der Waals surface area contributed by atoms with Gasteiger partial charge < -0.3 is 28.6 Å². The van der Waals surface area contributed by atoms with Crippen molar-refractivity contribution in [3.05, 3.63) is 131 Å². The van der Waals surface area contributed by atoms with Crippen LogP contribution in [0.25, 0.3) is 0 Å². The first-order chi connectivity index (χ1) is 25.2. The molecule has 0 aromatic heterocycles. The van der Waals surface area contributed by atoms with Crippen molar-refractivity contribution in [2.75, 3.05) is 33.6 Å². The average Bonchev–Trinajstić information content (AvgIpc) is 3.15. The number of carbonyl (C=O) groups is 3. The highest BCUT2D eigenvalue weighted by molar-refractivity contribution is 7.98. The van der Waals surface area contributed by atoms with E-state index < -0.39 is 31.9 Å². The van der Waals surface area contributed by atoms with Crippen LogP contribution < -0.4 is 9.16 Å². The second-order valence-corrected chi connectivity index (χ2v) is 20.0. The predicted octanol–water partition coefficient (Wildman–Crippen LogP) is 8.41. The van der Waals surface area contributed by atoms with E-state index in [4.69, 9.17) is 18.6 Å². The number of carbonyl (C=O) groups excluding carboxylic acids is 2. The fourth-order valence-corrected chi connectivity index (χ4v) is 7.99. The van der Waals surface area contributed by atoms with Crippen molar-refractivity contribution in [1.82, 2.24) is 4.90 Å². The van der Waals surface area contributed by atoms with Gasteiger partial charge >= 0.3 is 11.9 Å². The van der Waals surface area contributed by atoms with E-state index in [0.29, 0.717) is 17.1 Å². The van der Waals surface area contributed by atoms with Crippen LogP contribution >= 0.6 is 11.8 Å². The van der Waals surface area contributed by atoms with Gasteiger partial charge in [-0.2, -0.15) is 11.8 Å². The Labute approximate surface area is 318 Å². The van der Waals surface area contributed by atoms with E-state index >= 15 is 0 Å². The molecule has 11 heteroatoms. The summed E-state index contributed by atoms with van der Waals surface area (Å²) in [5, 5.41) is 10.0. The first-order valence-electron chi connectivity index (χ1n) is 17.5. The van der Waals surface area contributed by atoms with Crippen molar-refractivity contribution >= 4 is 37.9 Å². The average molecular weight is 758 g/mol. The number of hydrogen-bond donors (Lipinski definition) is 1. The summed E-state index contributed by atoms with van der Waals surface area (Å²) in [4.78, 5) is 40.7. The molecule has 4 aromatic carbocycles. The summed E-state index contributed by atoms with van der Waals surface area (Å²) in [5.74, 6) is -0.816. The van der Waals surface area contributed by atoms with Crippen molar-refractivity contribution in [1.29, 1.82) is 0 Å². The zero-order valence-electron chi connectivity index (χ0n) is 31.9. The second kappa shape index (κ2) is 18.0. The van der Waals surface area contributed by atoms with Crippen LogP contribution in [-0.4, -0.2) is 75.8 Å². The fraction of sp³-hybridized carbons (Fsp3) is 0.357. The molecule has 1 atom stereocenters. The van der Waals surface area contributed by atoms with E-state index in [-0.39, 0.29) is 41.0 Å². The summed E-state index contributed by atoms with van der Waals surface area (Å²) < 4.78 is 24.0. The quantitative estimate of drug-likeness (QED) is 0.0645. The summed E-state index contributed by atoms with van der Waals surface area (Å²) in [5.41, 5.74) is 2.29. The molecular weight excluding hydrogens is 707 g/mol. The number of carboxylic acids is 1. The van der Waals surface area contributed by atoms with Gasteiger partial charge in [0.05, 0.1) is 32.8 Å². The van der Waals surface area contributed by atoms with Crippen molar-refractivity contribution in [3.8, 4) is 11.5 Å². The number of likely N-dealkylation sites (N-methyl/N-ethyl adjacent to an activating group) is 1. The predicted molar refractivity (Wildman–Crippen MR) is 212 cm³/mol. The zero-order valence-corrected chi connectivity index (χ0v) is 33.7. The smallest absolute Gasteiger partial charge is 0.336 e. The van der Waals surface area contributed by atoms with Gasteiger partial charge in [-0.25, -0.2) is 9.59 Å². The first-order valence-corrected chi connectivity index (χ1v) is 21.6. The van der Waals surface area contributed by atoms with Crippen molar-refractivity contribution in [2.24, 2.45) is 0 Å². The number of nitrogens with zero attached hydrogens (tertiary/aromatic N) is 1. The lowest BCUT2D eigenvalue weighted by molar-refractivity contribution is -0.151. The minimum atomic E-state index is -2.38. The second-order valence-electron chi connectivity index (χ2n) is 14.3. The minimum absolute atomic E-state index is 0.00490. The third-order valence-corrected chi connectivity index (χ3v) is 15.2. The molecule has 0 radical (unpaired) electrons. The monoisotopic (exact) mass is 757 g/mol. The van der Waals surface area contributed by atoms with Crippen LogP contribution in [0.2, 0.25) is 18.1 Å². The molecule has 0 spiro atoms. The number of thioether (sulfide) groups is 1. The molecule has 53 heavy (non-hydrogen) atoms. The lowest BCUT2D eigenvalue weighted by Crippen LogP contribution is -2.45. The van der Waals surface area contributed by atoms with Gasteiger partial charge in [0.25, 0.3) is 0 Å². The van der Waals surface area contributed by atoms with Crippen LogP contribution in [0.15, 0.2) is 103 Å².